The van der Waals surface area contributed by atoms with E-state index in [0.717, 1.165) is 36.3 Å². The Morgan fingerprint density at radius 3 is 2.81 bits per heavy atom. The molecule has 2 aromatic heterocycles. The Kier molecular flexibility index (Phi) is 5.93. The highest BCUT2D eigenvalue weighted by atomic mass is 16.5. The van der Waals surface area contributed by atoms with Gasteiger partial charge in [-0.2, -0.15) is 10.2 Å². The monoisotopic (exact) mass is 373 g/mol. The van der Waals surface area contributed by atoms with E-state index in [2.05, 4.69) is 15.3 Å². The molecule has 0 aliphatic carbocycles. The highest BCUT2D eigenvalue weighted by Crippen LogP contribution is 2.22. The van der Waals surface area contributed by atoms with E-state index in [-0.39, 0.29) is 24.3 Å². The molecule has 8 nitrogen and oxygen atoms in total. The van der Waals surface area contributed by atoms with Gasteiger partial charge in [0.05, 0.1) is 31.0 Å². The number of carbonyl (C=O) groups is 2. The fraction of sp³-hybridized carbons (Fsp3) is 0.579. The van der Waals surface area contributed by atoms with Gasteiger partial charge in [-0.3, -0.25) is 19.4 Å². The lowest BCUT2D eigenvalue weighted by Crippen LogP contribution is -2.45. The summed E-state index contributed by atoms with van der Waals surface area (Å²) in [5.41, 5.74) is 3.21. The summed E-state index contributed by atoms with van der Waals surface area (Å²) in [6.07, 6.45) is 3.00. The number of esters is 1. The van der Waals surface area contributed by atoms with Gasteiger partial charge in [0, 0.05) is 18.3 Å². The fourth-order valence-electron chi connectivity index (χ4n) is 3.59. The Labute approximate surface area is 158 Å². The first-order chi connectivity index (χ1) is 13.0. The third-order valence-corrected chi connectivity index (χ3v) is 4.87. The fourth-order valence-corrected chi connectivity index (χ4v) is 3.59. The molecular weight excluding hydrogens is 346 g/mol. The van der Waals surface area contributed by atoms with Crippen LogP contribution in [-0.2, 0) is 16.1 Å². The van der Waals surface area contributed by atoms with Crippen LogP contribution in [0.15, 0.2) is 12.1 Å². The average molecular weight is 373 g/mol. The highest BCUT2D eigenvalue weighted by molar-refractivity contribution is 5.93. The second kappa shape index (κ2) is 8.37. The minimum absolute atomic E-state index is 0.124. The molecule has 8 heteroatoms. The maximum atomic E-state index is 13.0. The topological polar surface area (TPSA) is 93.1 Å². The summed E-state index contributed by atoms with van der Waals surface area (Å²) in [7, 11) is 0. The molecule has 0 saturated carbocycles. The molecule has 1 atom stereocenters. The van der Waals surface area contributed by atoms with E-state index < -0.39 is 0 Å². The van der Waals surface area contributed by atoms with E-state index in [1.807, 2.05) is 24.6 Å². The van der Waals surface area contributed by atoms with Gasteiger partial charge >= 0.3 is 5.97 Å². The molecule has 1 saturated heterocycles. The predicted octanol–water partition coefficient (Wildman–Crippen LogP) is 2.22. The zero-order valence-corrected chi connectivity index (χ0v) is 16.2. The number of nitrogens with one attached hydrogen (secondary N) is 1. The Morgan fingerprint density at radius 1 is 1.30 bits per heavy atom. The molecular formula is C19H27N5O3. The first-order valence-electron chi connectivity index (χ1n) is 9.50. The van der Waals surface area contributed by atoms with Crippen molar-refractivity contribution in [3.8, 4) is 0 Å². The molecule has 3 rings (SSSR count). The third-order valence-electron chi connectivity index (χ3n) is 4.87. The number of carbonyl (C=O) groups excluding carboxylic acids is 2. The number of piperidine rings is 1. The number of aryl methyl sites for hydroxylation is 2. The summed E-state index contributed by atoms with van der Waals surface area (Å²) in [5, 5.41) is 11.6. The predicted molar refractivity (Wildman–Crippen MR) is 99.3 cm³/mol. The molecule has 0 aromatic carbocycles. The second-order valence-electron chi connectivity index (χ2n) is 7.02. The van der Waals surface area contributed by atoms with Crippen LogP contribution in [0.4, 0.5) is 0 Å². The van der Waals surface area contributed by atoms with Gasteiger partial charge in [0.25, 0.3) is 5.91 Å². The standard InChI is InChI=1S/C19H27N5O3/c1-4-27-18(25)11-16-7-5-6-8-23(16)19(26)17-10-15(20-21-17)12-24-14(3)9-13(2)22-24/h9-10,16H,4-8,11-12H2,1-3H3,(H,20,21)/t16-/m0/s1. The molecule has 0 spiro atoms. The third kappa shape index (κ3) is 4.56. The summed E-state index contributed by atoms with van der Waals surface area (Å²) < 4.78 is 6.93. The zero-order chi connectivity index (χ0) is 19.4. The summed E-state index contributed by atoms with van der Waals surface area (Å²) in [6.45, 7) is 7.26. The number of amides is 1. The molecule has 27 heavy (non-hydrogen) atoms. The van der Waals surface area contributed by atoms with Gasteiger partial charge in [-0.05, 0) is 52.2 Å². The Balaban J connectivity index is 1.69. The van der Waals surface area contributed by atoms with Crippen molar-refractivity contribution in [3.63, 3.8) is 0 Å². The number of hydrogen-bond acceptors (Lipinski definition) is 5. The first-order valence-corrected chi connectivity index (χ1v) is 9.50. The van der Waals surface area contributed by atoms with Gasteiger partial charge in [0.2, 0.25) is 0 Å². The van der Waals surface area contributed by atoms with Gasteiger partial charge in [-0.1, -0.05) is 0 Å². The lowest BCUT2D eigenvalue weighted by Gasteiger charge is -2.34. The van der Waals surface area contributed by atoms with Crippen molar-refractivity contribution >= 4 is 11.9 Å². The zero-order valence-electron chi connectivity index (χ0n) is 16.2. The Bertz CT molecular complexity index is 810. The smallest absolute Gasteiger partial charge is 0.307 e. The van der Waals surface area contributed by atoms with Crippen molar-refractivity contribution in [2.45, 2.75) is 59.0 Å². The van der Waals surface area contributed by atoms with Gasteiger partial charge in [0.15, 0.2) is 0 Å². The molecule has 146 valence electrons. The van der Waals surface area contributed by atoms with Gasteiger partial charge < -0.3 is 9.64 Å². The van der Waals surface area contributed by atoms with Crippen molar-refractivity contribution in [3.05, 3.63) is 34.9 Å². The van der Waals surface area contributed by atoms with Crippen LogP contribution in [-0.4, -0.2) is 55.9 Å². The minimum atomic E-state index is -0.255. The van der Waals surface area contributed by atoms with Crippen molar-refractivity contribution < 1.29 is 14.3 Å². The van der Waals surface area contributed by atoms with Crippen LogP contribution >= 0.6 is 0 Å². The Hall–Kier alpha value is -2.64. The van der Waals surface area contributed by atoms with Crippen molar-refractivity contribution in [2.75, 3.05) is 13.2 Å². The normalized spacial score (nSPS) is 17.1. The first kappa shape index (κ1) is 19.1. The maximum Gasteiger partial charge on any atom is 0.307 e. The number of likely N-dealkylation sites (tertiary alicyclic amines) is 1. The van der Waals surface area contributed by atoms with Crippen LogP contribution in [0, 0.1) is 13.8 Å². The summed E-state index contributed by atoms with van der Waals surface area (Å²) >= 11 is 0. The van der Waals surface area contributed by atoms with Crippen LogP contribution < -0.4 is 0 Å². The summed E-state index contributed by atoms with van der Waals surface area (Å²) in [5.74, 6) is -0.394. The number of ether oxygens (including phenoxy) is 1. The summed E-state index contributed by atoms with van der Waals surface area (Å²) in [4.78, 5) is 26.6. The van der Waals surface area contributed by atoms with E-state index in [0.29, 0.717) is 25.4 Å². The largest absolute Gasteiger partial charge is 0.466 e. The van der Waals surface area contributed by atoms with E-state index in [9.17, 15) is 9.59 Å². The van der Waals surface area contributed by atoms with Crippen molar-refractivity contribution in [1.29, 1.82) is 0 Å². The molecule has 1 amide bonds. The molecule has 0 radical (unpaired) electrons. The molecule has 1 aliphatic rings. The number of nitrogens with zero attached hydrogens (tertiary/aromatic N) is 4. The van der Waals surface area contributed by atoms with E-state index in [1.54, 1.807) is 17.9 Å². The molecule has 1 N–H and O–H groups in total. The Morgan fingerprint density at radius 2 is 2.11 bits per heavy atom. The van der Waals surface area contributed by atoms with Crippen LogP contribution in [0.5, 0.6) is 0 Å². The number of aromatic amines is 1. The summed E-state index contributed by atoms with van der Waals surface area (Å²) in [6, 6.07) is 3.66. The van der Waals surface area contributed by atoms with Crippen LogP contribution in [0.2, 0.25) is 0 Å². The van der Waals surface area contributed by atoms with Gasteiger partial charge in [-0.25, -0.2) is 0 Å². The number of aromatic nitrogens is 4. The van der Waals surface area contributed by atoms with Gasteiger partial charge in [0.1, 0.15) is 5.69 Å². The SMILES string of the molecule is CCOC(=O)C[C@@H]1CCCCN1C(=O)c1cc(Cn2nc(C)cc2C)[nH]n1. The lowest BCUT2D eigenvalue weighted by molar-refractivity contribution is -0.144. The van der Waals surface area contributed by atoms with Crippen molar-refractivity contribution in [1.82, 2.24) is 24.9 Å². The number of hydrogen-bond donors (Lipinski definition) is 1. The van der Waals surface area contributed by atoms with Crippen LogP contribution in [0.1, 0.15) is 60.2 Å². The maximum absolute atomic E-state index is 13.0. The van der Waals surface area contributed by atoms with E-state index in [4.69, 9.17) is 4.74 Å². The number of rotatable bonds is 6. The highest BCUT2D eigenvalue weighted by Gasteiger charge is 2.30. The molecule has 1 fully saturated rings. The quantitative estimate of drug-likeness (QED) is 0.784. The minimum Gasteiger partial charge on any atom is -0.466 e. The molecule has 0 bridgehead atoms. The average Bonchev–Trinajstić information content (AvgIpc) is 3.21. The van der Waals surface area contributed by atoms with E-state index in [1.165, 1.54) is 0 Å². The van der Waals surface area contributed by atoms with Gasteiger partial charge in [-0.15, -0.1) is 0 Å². The van der Waals surface area contributed by atoms with Crippen molar-refractivity contribution in [2.24, 2.45) is 0 Å². The lowest BCUT2D eigenvalue weighted by atomic mass is 9.99. The number of H-pyrrole nitrogens is 1. The molecule has 0 unspecified atom stereocenters. The molecule has 2 aromatic rings. The van der Waals surface area contributed by atoms with Crippen LogP contribution in [0.3, 0.4) is 0 Å². The molecule has 3 heterocycles. The van der Waals surface area contributed by atoms with Crippen LogP contribution in [0.25, 0.3) is 0 Å². The molecule has 1 aliphatic heterocycles. The van der Waals surface area contributed by atoms with E-state index >= 15 is 0 Å². The second-order valence-corrected chi connectivity index (χ2v) is 7.02.